The molecule has 0 fully saturated rings. The number of rotatable bonds is 2. The Morgan fingerprint density at radius 1 is 1.20 bits per heavy atom. The zero-order valence-electron chi connectivity index (χ0n) is 13.1. The second kappa shape index (κ2) is 7.29. The van der Waals surface area contributed by atoms with Crippen molar-refractivity contribution in [1.82, 2.24) is 9.55 Å². The summed E-state index contributed by atoms with van der Waals surface area (Å²) in [5.41, 5.74) is 6.14. The zero-order valence-corrected chi connectivity index (χ0v) is 13.9. The van der Waals surface area contributed by atoms with E-state index in [0.29, 0.717) is 18.7 Å². The van der Waals surface area contributed by atoms with Crippen LogP contribution in [0.3, 0.4) is 0 Å². The maximum absolute atomic E-state index is 14.1. The summed E-state index contributed by atoms with van der Waals surface area (Å²) in [6, 6.07) is 3.33. The Morgan fingerprint density at radius 2 is 1.92 bits per heavy atom. The van der Waals surface area contributed by atoms with Gasteiger partial charge in [-0.1, -0.05) is 12.1 Å². The van der Waals surface area contributed by atoms with E-state index in [1.165, 1.54) is 16.7 Å². The maximum Gasteiger partial charge on any atom is 0.394 e. The van der Waals surface area contributed by atoms with Gasteiger partial charge < -0.3 is 10.3 Å². The third kappa shape index (κ3) is 4.12. The molecule has 0 unspecified atom stereocenters. The summed E-state index contributed by atoms with van der Waals surface area (Å²) < 4.78 is 67.2. The molecule has 0 aliphatic carbocycles. The third-order valence-electron chi connectivity index (χ3n) is 4.33. The Morgan fingerprint density at radius 3 is 2.60 bits per heavy atom. The normalized spacial score (nSPS) is 20.6. The molecule has 3 rings (SSSR count). The zero-order chi connectivity index (χ0) is 17.5. The molecule has 0 bridgehead atoms. The van der Waals surface area contributed by atoms with Gasteiger partial charge in [-0.2, -0.15) is 13.2 Å². The van der Waals surface area contributed by atoms with E-state index >= 15 is 0 Å². The summed E-state index contributed by atoms with van der Waals surface area (Å²) >= 11 is 0. The predicted octanol–water partition coefficient (Wildman–Crippen LogP) is 4.27. The molecule has 0 amide bonds. The minimum Gasteiger partial charge on any atom is -0.330 e. The molecule has 2 N–H and O–H groups in total. The van der Waals surface area contributed by atoms with Crippen LogP contribution < -0.4 is 5.73 Å². The van der Waals surface area contributed by atoms with Gasteiger partial charge in [0.25, 0.3) is 0 Å². The molecule has 0 saturated heterocycles. The molecule has 9 heteroatoms. The largest absolute Gasteiger partial charge is 0.394 e. The molecule has 1 aromatic carbocycles. The average molecular weight is 382 g/mol. The van der Waals surface area contributed by atoms with E-state index in [9.17, 15) is 22.0 Å². The van der Waals surface area contributed by atoms with Crippen LogP contribution >= 0.6 is 12.4 Å². The number of hydrogen-bond acceptors (Lipinski definition) is 2. The Balaban J connectivity index is 0.00000225. The third-order valence-corrected chi connectivity index (χ3v) is 4.33. The Labute approximate surface area is 147 Å². The van der Waals surface area contributed by atoms with Gasteiger partial charge in [-0.25, -0.2) is 13.8 Å². The first-order valence-electron chi connectivity index (χ1n) is 7.57. The fourth-order valence-electron chi connectivity index (χ4n) is 3.19. The number of imidazole rings is 1. The Bertz CT molecular complexity index is 744. The summed E-state index contributed by atoms with van der Waals surface area (Å²) in [5.74, 6) is -2.04. The second-order valence-electron chi connectivity index (χ2n) is 6.03. The van der Waals surface area contributed by atoms with E-state index in [-0.39, 0.29) is 30.2 Å². The molecule has 2 atom stereocenters. The molecule has 0 saturated carbocycles. The van der Waals surface area contributed by atoms with Gasteiger partial charge in [0.05, 0.1) is 12.5 Å². The number of alkyl halides is 3. The fourth-order valence-corrected chi connectivity index (χ4v) is 3.19. The summed E-state index contributed by atoms with van der Waals surface area (Å²) in [7, 11) is 0. The minimum atomic E-state index is -4.38. The lowest BCUT2D eigenvalue weighted by molar-refractivity contribution is -0.128. The molecule has 138 valence electrons. The van der Waals surface area contributed by atoms with Crippen molar-refractivity contribution in [2.45, 2.75) is 43.9 Å². The van der Waals surface area contributed by atoms with E-state index in [2.05, 4.69) is 4.98 Å². The van der Waals surface area contributed by atoms with Gasteiger partial charge in [-0.05, 0) is 24.5 Å². The van der Waals surface area contributed by atoms with E-state index in [0.717, 1.165) is 12.3 Å². The summed E-state index contributed by atoms with van der Waals surface area (Å²) in [4.78, 5) is 4.02. The van der Waals surface area contributed by atoms with Crippen LogP contribution in [0.5, 0.6) is 0 Å². The molecular formula is C16H17ClF5N3. The van der Waals surface area contributed by atoms with Gasteiger partial charge in [-0.15, -0.1) is 12.4 Å². The summed E-state index contributed by atoms with van der Waals surface area (Å²) in [6.45, 7) is 0.0921. The molecule has 1 aromatic heterocycles. The van der Waals surface area contributed by atoms with Gasteiger partial charge in [-0.3, -0.25) is 0 Å². The maximum atomic E-state index is 14.1. The first-order valence-corrected chi connectivity index (χ1v) is 7.57. The van der Waals surface area contributed by atoms with Gasteiger partial charge in [0.15, 0.2) is 11.6 Å². The van der Waals surface area contributed by atoms with Crippen molar-refractivity contribution >= 4 is 12.4 Å². The van der Waals surface area contributed by atoms with Crippen LogP contribution in [-0.4, -0.2) is 15.7 Å². The number of nitrogens with two attached hydrogens (primary N) is 1. The smallest absolute Gasteiger partial charge is 0.330 e. The van der Waals surface area contributed by atoms with Crippen molar-refractivity contribution in [2.24, 2.45) is 5.73 Å². The van der Waals surface area contributed by atoms with Gasteiger partial charge in [0.2, 0.25) is 0 Å². The van der Waals surface area contributed by atoms with Gasteiger partial charge in [0.1, 0.15) is 5.82 Å². The van der Waals surface area contributed by atoms with Crippen molar-refractivity contribution in [3.63, 3.8) is 0 Å². The molecule has 0 spiro atoms. The Kier molecular flexibility index (Phi) is 5.73. The predicted molar refractivity (Wildman–Crippen MR) is 84.5 cm³/mol. The van der Waals surface area contributed by atoms with Crippen LogP contribution in [0.4, 0.5) is 22.0 Å². The van der Waals surface area contributed by atoms with Gasteiger partial charge in [0, 0.05) is 24.4 Å². The number of fused-ring (bicyclic) bond motifs is 1. The summed E-state index contributed by atoms with van der Waals surface area (Å²) in [6.07, 6.45) is -3.48. The van der Waals surface area contributed by atoms with E-state index in [1.54, 1.807) is 0 Å². The van der Waals surface area contributed by atoms with Crippen LogP contribution in [0.1, 0.15) is 41.9 Å². The van der Waals surface area contributed by atoms with Crippen LogP contribution in [0.25, 0.3) is 0 Å². The van der Waals surface area contributed by atoms with Crippen molar-refractivity contribution in [3.8, 4) is 0 Å². The minimum absolute atomic E-state index is 0. The van der Waals surface area contributed by atoms with E-state index in [1.807, 2.05) is 0 Å². The van der Waals surface area contributed by atoms with Crippen molar-refractivity contribution in [2.75, 3.05) is 0 Å². The number of aromatic nitrogens is 2. The van der Waals surface area contributed by atoms with Crippen molar-refractivity contribution < 1.29 is 22.0 Å². The molecule has 1 aliphatic rings. The topological polar surface area (TPSA) is 43.8 Å². The fraction of sp³-hybridized carbons (Fsp3) is 0.438. The Hall–Kier alpha value is -1.67. The lowest BCUT2D eigenvalue weighted by Gasteiger charge is -2.19. The molecular weight excluding hydrogens is 365 g/mol. The highest BCUT2D eigenvalue weighted by atomic mass is 35.5. The van der Waals surface area contributed by atoms with Crippen LogP contribution in [-0.2, 0) is 13.0 Å². The quantitative estimate of drug-likeness (QED) is 0.790. The van der Waals surface area contributed by atoms with Crippen molar-refractivity contribution in [1.29, 1.82) is 0 Å². The highest BCUT2D eigenvalue weighted by molar-refractivity contribution is 5.85. The van der Waals surface area contributed by atoms with Crippen LogP contribution in [0.2, 0.25) is 0 Å². The number of hydrogen-bond donors (Lipinski definition) is 1. The van der Waals surface area contributed by atoms with E-state index < -0.39 is 36.2 Å². The monoisotopic (exact) mass is 381 g/mol. The highest BCUT2D eigenvalue weighted by Gasteiger charge is 2.33. The molecule has 2 aromatic rings. The number of halogens is 6. The summed E-state index contributed by atoms with van der Waals surface area (Å²) in [5, 5.41) is 0. The average Bonchev–Trinajstić information content (AvgIpc) is 2.78. The number of benzene rings is 1. The molecule has 2 heterocycles. The lowest BCUT2D eigenvalue weighted by Crippen LogP contribution is -2.20. The lowest BCUT2D eigenvalue weighted by atomic mass is 9.93. The second-order valence-corrected chi connectivity index (χ2v) is 6.03. The van der Waals surface area contributed by atoms with Crippen LogP contribution in [0, 0.1) is 11.6 Å². The van der Waals surface area contributed by atoms with Crippen LogP contribution in [0.15, 0.2) is 24.4 Å². The molecule has 25 heavy (non-hydrogen) atoms. The SMILES string of the molecule is Cl.N[C@@H]1CC[C@@H](c2cccc(F)c2F)Cn2c(CC(F)(F)F)cnc21. The molecule has 1 aliphatic heterocycles. The van der Waals surface area contributed by atoms with E-state index in [4.69, 9.17) is 5.73 Å². The molecule has 0 radical (unpaired) electrons. The first kappa shape index (κ1) is 19.7. The van der Waals surface area contributed by atoms with Gasteiger partial charge >= 0.3 is 6.18 Å². The first-order chi connectivity index (χ1) is 11.3. The molecule has 3 nitrogen and oxygen atoms in total. The van der Waals surface area contributed by atoms with Crippen molar-refractivity contribution in [3.05, 3.63) is 53.1 Å². The standard InChI is InChI=1S/C16H16F5N3.ClH/c17-12-3-1-2-11(14(12)18)9-4-5-13(22)15-23-7-10(24(15)8-9)6-16(19,20)21;/h1-3,7,9,13H,4-6,8,22H2;1H/t9-,13-;/m1./s1. The highest BCUT2D eigenvalue weighted by Crippen LogP contribution is 2.35. The number of nitrogens with zero attached hydrogens (tertiary/aromatic N) is 2.